The molecule has 0 aliphatic rings. The molecule has 0 aromatic heterocycles. The molecule has 0 radical (unpaired) electrons. The molecule has 3 heteroatoms. The Hall–Kier alpha value is -0.830. The standard InChI is InChI=1S/C16H31NO2/c1-8-13(9-2)11-10-12(3)19-14(18)15(4,5)16(6,7)17/h10,13H,8-9,11,17H2,1-7H3/b12-10-. The number of esters is 1. The van der Waals surface area contributed by atoms with Crippen molar-refractivity contribution in [2.45, 2.75) is 73.3 Å². The lowest BCUT2D eigenvalue weighted by molar-refractivity contribution is -0.152. The largest absolute Gasteiger partial charge is 0.431 e. The third-order valence-electron chi connectivity index (χ3n) is 4.27. The average Bonchev–Trinajstić information content (AvgIpc) is 2.28. The Labute approximate surface area is 118 Å². The normalized spacial score (nSPS) is 13.8. The Balaban J connectivity index is 4.61. The second kappa shape index (κ2) is 7.09. The number of hydrogen-bond acceptors (Lipinski definition) is 3. The van der Waals surface area contributed by atoms with Crippen molar-refractivity contribution in [1.29, 1.82) is 0 Å². The molecular formula is C16H31NO2. The highest BCUT2D eigenvalue weighted by Crippen LogP contribution is 2.30. The Kier molecular flexibility index (Phi) is 6.78. The maximum atomic E-state index is 12.2. The van der Waals surface area contributed by atoms with Gasteiger partial charge in [-0.15, -0.1) is 0 Å². The van der Waals surface area contributed by atoms with Gasteiger partial charge in [-0.25, -0.2) is 0 Å². The summed E-state index contributed by atoms with van der Waals surface area (Å²) in [6, 6.07) is 0. The van der Waals surface area contributed by atoms with Gasteiger partial charge in [0.2, 0.25) is 0 Å². The number of hydrogen-bond donors (Lipinski definition) is 1. The summed E-state index contributed by atoms with van der Waals surface area (Å²) in [5, 5.41) is 0. The molecule has 0 atom stereocenters. The maximum absolute atomic E-state index is 12.2. The topological polar surface area (TPSA) is 52.3 Å². The van der Waals surface area contributed by atoms with Crippen LogP contribution < -0.4 is 5.73 Å². The minimum atomic E-state index is -0.711. The van der Waals surface area contributed by atoms with E-state index < -0.39 is 11.0 Å². The molecule has 0 fully saturated rings. The Morgan fingerprint density at radius 1 is 1.21 bits per heavy atom. The first-order valence-corrected chi connectivity index (χ1v) is 7.24. The molecule has 19 heavy (non-hydrogen) atoms. The van der Waals surface area contributed by atoms with Crippen LogP contribution in [-0.4, -0.2) is 11.5 Å². The molecule has 0 aliphatic heterocycles. The van der Waals surface area contributed by atoms with Gasteiger partial charge in [0.25, 0.3) is 0 Å². The van der Waals surface area contributed by atoms with E-state index in [-0.39, 0.29) is 5.97 Å². The molecule has 112 valence electrons. The molecule has 0 aromatic carbocycles. The zero-order chi connectivity index (χ0) is 15.3. The van der Waals surface area contributed by atoms with Crippen LogP contribution >= 0.6 is 0 Å². The molecule has 0 bridgehead atoms. The lowest BCUT2D eigenvalue weighted by Crippen LogP contribution is -2.52. The summed E-state index contributed by atoms with van der Waals surface area (Å²) in [6.07, 6.45) is 5.26. The Morgan fingerprint density at radius 3 is 2.05 bits per heavy atom. The molecule has 0 rings (SSSR count). The van der Waals surface area contributed by atoms with Gasteiger partial charge in [0.05, 0.1) is 5.41 Å². The van der Waals surface area contributed by atoms with Crippen molar-refractivity contribution < 1.29 is 9.53 Å². The second-order valence-corrected chi connectivity index (χ2v) is 6.47. The van der Waals surface area contributed by atoms with Gasteiger partial charge >= 0.3 is 5.97 Å². The lowest BCUT2D eigenvalue weighted by Gasteiger charge is -2.35. The van der Waals surface area contributed by atoms with Crippen LogP contribution in [0.15, 0.2) is 11.8 Å². The van der Waals surface area contributed by atoms with E-state index in [4.69, 9.17) is 10.5 Å². The quantitative estimate of drug-likeness (QED) is 0.561. The summed E-state index contributed by atoms with van der Waals surface area (Å²) < 4.78 is 5.42. The molecular weight excluding hydrogens is 238 g/mol. The van der Waals surface area contributed by atoms with Gasteiger partial charge in [-0.05, 0) is 53.0 Å². The van der Waals surface area contributed by atoms with E-state index >= 15 is 0 Å². The molecule has 0 aliphatic carbocycles. The van der Waals surface area contributed by atoms with E-state index in [0.717, 1.165) is 19.3 Å². The van der Waals surface area contributed by atoms with E-state index in [0.29, 0.717) is 11.7 Å². The summed E-state index contributed by atoms with van der Waals surface area (Å²) in [5.74, 6) is 1.07. The summed E-state index contributed by atoms with van der Waals surface area (Å²) in [5.41, 5.74) is 4.71. The number of allylic oxidation sites excluding steroid dienone is 2. The van der Waals surface area contributed by atoms with Crippen LogP contribution in [0, 0.1) is 11.3 Å². The van der Waals surface area contributed by atoms with Crippen molar-refractivity contribution in [2.75, 3.05) is 0 Å². The first-order valence-electron chi connectivity index (χ1n) is 7.24. The van der Waals surface area contributed by atoms with E-state index in [9.17, 15) is 4.79 Å². The molecule has 0 amide bonds. The summed E-state index contributed by atoms with van der Waals surface area (Å²) in [6.45, 7) is 13.5. The lowest BCUT2D eigenvalue weighted by atomic mass is 9.75. The van der Waals surface area contributed by atoms with Crippen LogP contribution in [0.2, 0.25) is 0 Å². The van der Waals surface area contributed by atoms with Gasteiger partial charge in [-0.3, -0.25) is 4.79 Å². The highest BCUT2D eigenvalue weighted by molar-refractivity contribution is 5.78. The van der Waals surface area contributed by atoms with E-state index in [1.54, 1.807) is 0 Å². The predicted octanol–water partition coefficient (Wildman–Crippen LogP) is 4.02. The van der Waals surface area contributed by atoms with E-state index in [1.165, 1.54) is 0 Å². The Morgan fingerprint density at radius 2 is 1.68 bits per heavy atom. The molecule has 0 saturated heterocycles. The highest BCUT2D eigenvalue weighted by Gasteiger charge is 2.42. The smallest absolute Gasteiger partial charge is 0.318 e. The van der Waals surface area contributed by atoms with Crippen molar-refractivity contribution in [2.24, 2.45) is 17.1 Å². The molecule has 0 saturated carbocycles. The fraction of sp³-hybridized carbons (Fsp3) is 0.812. The van der Waals surface area contributed by atoms with Gasteiger partial charge < -0.3 is 10.5 Å². The molecule has 3 nitrogen and oxygen atoms in total. The van der Waals surface area contributed by atoms with Crippen molar-refractivity contribution in [1.82, 2.24) is 0 Å². The molecule has 2 N–H and O–H groups in total. The van der Waals surface area contributed by atoms with Crippen LogP contribution in [0.5, 0.6) is 0 Å². The first-order chi connectivity index (χ1) is 8.56. The zero-order valence-electron chi connectivity index (χ0n) is 13.7. The maximum Gasteiger partial charge on any atom is 0.318 e. The molecule has 0 spiro atoms. The predicted molar refractivity (Wildman–Crippen MR) is 80.6 cm³/mol. The van der Waals surface area contributed by atoms with Gasteiger partial charge in [0.1, 0.15) is 5.76 Å². The molecule has 0 heterocycles. The van der Waals surface area contributed by atoms with E-state index in [1.807, 2.05) is 40.7 Å². The van der Waals surface area contributed by atoms with Gasteiger partial charge in [-0.2, -0.15) is 0 Å². The third kappa shape index (κ3) is 5.35. The van der Waals surface area contributed by atoms with Gasteiger partial charge in [-0.1, -0.05) is 26.7 Å². The van der Waals surface area contributed by atoms with Gasteiger partial charge in [0, 0.05) is 5.54 Å². The third-order valence-corrected chi connectivity index (χ3v) is 4.27. The van der Waals surface area contributed by atoms with Crippen LogP contribution in [0.3, 0.4) is 0 Å². The number of ether oxygens (including phenoxy) is 1. The van der Waals surface area contributed by atoms with Crippen molar-refractivity contribution in [3.05, 3.63) is 11.8 Å². The monoisotopic (exact) mass is 269 g/mol. The fourth-order valence-electron chi connectivity index (χ4n) is 1.53. The number of rotatable bonds is 7. The first kappa shape index (κ1) is 18.2. The van der Waals surface area contributed by atoms with Crippen LogP contribution in [0.1, 0.15) is 67.7 Å². The minimum absolute atomic E-state index is 0.265. The van der Waals surface area contributed by atoms with Crippen LogP contribution in [0.25, 0.3) is 0 Å². The van der Waals surface area contributed by atoms with Gasteiger partial charge in [0.15, 0.2) is 0 Å². The van der Waals surface area contributed by atoms with Crippen LogP contribution in [0.4, 0.5) is 0 Å². The Bertz CT molecular complexity index is 320. The summed E-state index contributed by atoms with van der Waals surface area (Å²) >= 11 is 0. The van der Waals surface area contributed by atoms with Crippen molar-refractivity contribution in [3.8, 4) is 0 Å². The molecule has 0 unspecified atom stereocenters. The van der Waals surface area contributed by atoms with Crippen molar-refractivity contribution in [3.63, 3.8) is 0 Å². The summed E-state index contributed by atoms with van der Waals surface area (Å²) in [4.78, 5) is 12.2. The zero-order valence-corrected chi connectivity index (χ0v) is 13.7. The number of nitrogens with two attached hydrogens (primary N) is 1. The van der Waals surface area contributed by atoms with Crippen molar-refractivity contribution >= 4 is 5.97 Å². The number of carbonyl (C=O) groups excluding carboxylic acids is 1. The summed E-state index contributed by atoms with van der Waals surface area (Å²) in [7, 11) is 0. The van der Waals surface area contributed by atoms with E-state index in [2.05, 4.69) is 13.8 Å². The fourth-order valence-corrected chi connectivity index (χ4v) is 1.53. The number of carbonyl (C=O) groups is 1. The molecule has 0 aromatic rings. The highest BCUT2D eigenvalue weighted by atomic mass is 16.5. The average molecular weight is 269 g/mol. The minimum Gasteiger partial charge on any atom is -0.431 e. The SMILES string of the molecule is CCC(CC)C/C=C(/C)OC(=O)C(C)(C)C(C)(C)N. The van der Waals surface area contributed by atoms with Crippen LogP contribution in [-0.2, 0) is 9.53 Å². The second-order valence-electron chi connectivity index (χ2n) is 6.47.